The van der Waals surface area contributed by atoms with Gasteiger partial charge < -0.3 is 10.4 Å². The highest BCUT2D eigenvalue weighted by molar-refractivity contribution is 6.31. The summed E-state index contributed by atoms with van der Waals surface area (Å²) in [6, 6.07) is 4.52. The van der Waals surface area contributed by atoms with E-state index in [0.717, 1.165) is 5.39 Å². The molecule has 0 spiro atoms. The Morgan fingerprint density at radius 1 is 1.37 bits per heavy atom. The first-order valence-corrected chi connectivity index (χ1v) is 6.26. The van der Waals surface area contributed by atoms with Crippen molar-refractivity contribution in [3.63, 3.8) is 0 Å². The number of fused-ring (bicyclic) bond motifs is 1. The molecular weight excluding hydrogens is 266 g/mol. The zero-order valence-corrected chi connectivity index (χ0v) is 11.3. The van der Waals surface area contributed by atoms with E-state index in [1.807, 2.05) is 13.8 Å². The monoisotopic (exact) mass is 279 g/mol. The number of nitrogens with zero attached hydrogens (tertiary/aromatic N) is 2. The Hall–Kier alpha value is -1.88. The number of nitrogens with one attached hydrogen (secondary N) is 1. The van der Waals surface area contributed by atoms with Gasteiger partial charge in [-0.15, -0.1) is 0 Å². The molecule has 0 radical (unpaired) electrons. The molecule has 0 aliphatic rings. The summed E-state index contributed by atoms with van der Waals surface area (Å²) >= 11 is 5.90. The Kier molecular flexibility index (Phi) is 3.85. The Labute approximate surface area is 115 Å². The second kappa shape index (κ2) is 5.40. The fourth-order valence-electron chi connectivity index (χ4n) is 1.81. The quantitative estimate of drug-likeness (QED) is 0.900. The topological polar surface area (TPSA) is 75.1 Å². The van der Waals surface area contributed by atoms with Crippen LogP contribution < -0.4 is 5.32 Å². The first-order valence-electron chi connectivity index (χ1n) is 5.88. The molecule has 19 heavy (non-hydrogen) atoms. The predicted octanol–water partition coefficient (Wildman–Crippen LogP) is 2.80. The van der Waals surface area contributed by atoms with Crippen LogP contribution in [0.2, 0.25) is 5.02 Å². The van der Waals surface area contributed by atoms with Gasteiger partial charge in [0.1, 0.15) is 18.2 Å². The van der Waals surface area contributed by atoms with Crippen molar-refractivity contribution in [3.8, 4) is 0 Å². The van der Waals surface area contributed by atoms with Gasteiger partial charge in [0.15, 0.2) is 0 Å². The number of halogens is 1. The summed E-state index contributed by atoms with van der Waals surface area (Å²) in [5.41, 5.74) is 0.679. The molecule has 1 heterocycles. The third-order valence-electron chi connectivity index (χ3n) is 2.82. The number of carbonyl (C=O) groups is 1. The van der Waals surface area contributed by atoms with E-state index >= 15 is 0 Å². The summed E-state index contributed by atoms with van der Waals surface area (Å²) in [4.78, 5) is 19.4. The van der Waals surface area contributed by atoms with Crippen LogP contribution >= 0.6 is 11.6 Å². The highest BCUT2D eigenvalue weighted by Gasteiger charge is 2.22. The van der Waals surface area contributed by atoms with Crippen molar-refractivity contribution >= 4 is 34.3 Å². The van der Waals surface area contributed by atoms with Gasteiger partial charge in [0.05, 0.1) is 5.52 Å². The van der Waals surface area contributed by atoms with Gasteiger partial charge in [-0.25, -0.2) is 14.8 Å². The lowest BCUT2D eigenvalue weighted by Crippen LogP contribution is -2.34. The van der Waals surface area contributed by atoms with E-state index in [9.17, 15) is 9.90 Å². The average molecular weight is 280 g/mol. The van der Waals surface area contributed by atoms with E-state index < -0.39 is 12.0 Å². The van der Waals surface area contributed by atoms with Crippen LogP contribution in [0.1, 0.15) is 13.8 Å². The third kappa shape index (κ3) is 2.93. The summed E-state index contributed by atoms with van der Waals surface area (Å²) in [5.74, 6) is -0.465. The summed E-state index contributed by atoms with van der Waals surface area (Å²) in [7, 11) is 0. The number of aromatic nitrogens is 2. The number of anilines is 1. The van der Waals surface area contributed by atoms with Gasteiger partial charge >= 0.3 is 5.97 Å². The number of aliphatic carboxylic acids is 1. The molecule has 2 aromatic rings. The minimum absolute atomic E-state index is 0.0604. The van der Waals surface area contributed by atoms with Crippen molar-refractivity contribution in [2.75, 3.05) is 5.32 Å². The average Bonchev–Trinajstić information content (AvgIpc) is 2.34. The minimum Gasteiger partial charge on any atom is -0.480 e. The largest absolute Gasteiger partial charge is 0.480 e. The molecule has 5 nitrogen and oxygen atoms in total. The van der Waals surface area contributed by atoms with Crippen LogP contribution in [-0.4, -0.2) is 27.1 Å². The van der Waals surface area contributed by atoms with Crippen LogP contribution in [0, 0.1) is 5.92 Å². The number of carboxylic acid groups (broad SMARTS) is 1. The van der Waals surface area contributed by atoms with Crippen LogP contribution in [0.15, 0.2) is 24.5 Å². The number of rotatable bonds is 4. The lowest BCUT2D eigenvalue weighted by Gasteiger charge is -2.19. The van der Waals surface area contributed by atoms with Crippen molar-refractivity contribution in [2.24, 2.45) is 5.92 Å². The lowest BCUT2D eigenvalue weighted by atomic mass is 10.0. The molecule has 2 N–H and O–H groups in total. The standard InChI is InChI=1S/C13H14ClN3O2/c1-7(2)11(13(18)19)17-12-9-4-3-8(14)5-10(9)15-6-16-12/h3-7,11H,1-2H3,(H,18,19)(H,15,16,17)/t11-/m0/s1. The molecule has 0 unspecified atom stereocenters. The molecule has 0 bridgehead atoms. The van der Waals surface area contributed by atoms with Gasteiger partial charge in [-0.3, -0.25) is 0 Å². The van der Waals surface area contributed by atoms with Crippen LogP contribution in [-0.2, 0) is 4.79 Å². The number of carboxylic acids is 1. The Bertz CT molecular complexity index is 616. The van der Waals surface area contributed by atoms with Crippen molar-refractivity contribution in [1.29, 1.82) is 0 Å². The zero-order chi connectivity index (χ0) is 14.0. The summed E-state index contributed by atoms with van der Waals surface area (Å²) in [6.07, 6.45) is 1.39. The first kappa shape index (κ1) is 13.5. The van der Waals surface area contributed by atoms with Crippen molar-refractivity contribution in [3.05, 3.63) is 29.5 Å². The number of hydrogen-bond acceptors (Lipinski definition) is 4. The minimum atomic E-state index is -0.907. The van der Waals surface area contributed by atoms with Gasteiger partial charge in [-0.05, 0) is 24.1 Å². The second-order valence-electron chi connectivity index (χ2n) is 4.59. The molecule has 0 saturated heterocycles. The van der Waals surface area contributed by atoms with E-state index in [1.165, 1.54) is 6.33 Å². The molecule has 0 aliphatic heterocycles. The van der Waals surface area contributed by atoms with Gasteiger partial charge in [-0.1, -0.05) is 25.4 Å². The molecule has 100 valence electrons. The molecule has 2 rings (SSSR count). The maximum absolute atomic E-state index is 11.2. The van der Waals surface area contributed by atoms with E-state index in [2.05, 4.69) is 15.3 Å². The summed E-state index contributed by atoms with van der Waals surface area (Å²) in [6.45, 7) is 3.68. The molecule has 1 aromatic heterocycles. The Morgan fingerprint density at radius 2 is 2.11 bits per heavy atom. The molecule has 0 saturated carbocycles. The van der Waals surface area contributed by atoms with Crippen molar-refractivity contribution in [1.82, 2.24) is 9.97 Å². The predicted molar refractivity (Wildman–Crippen MR) is 74.4 cm³/mol. The Balaban J connectivity index is 2.42. The van der Waals surface area contributed by atoms with E-state index in [4.69, 9.17) is 11.6 Å². The number of hydrogen-bond donors (Lipinski definition) is 2. The molecule has 0 amide bonds. The van der Waals surface area contributed by atoms with Crippen LogP contribution in [0.5, 0.6) is 0 Å². The SMILES string of the molecule is CC(C)[C@H](Nc1ncnc2cc(Cl)ccc12)C(=O)O. The second-order valence-corrected chi connectivity index (χ2v) is 5.02. The molecule has 6 heteroatoms. The molecule has 1 aromatic carbocycles. The van der Waals surface area contributed by atoms with E-state index in [1.54, 1.807) is 18.2 Å². The summed E-state index contributed by atoms with van der Waals surface area (Å²) in [5, 5.41) is 13.5. The highest BCUT2D eigenvalue weighted by atomic mass is 35.5. The highest BCUT2D eigenvalue weighted by Crippen LogP contribution is 2.23. The zero-order valence-electron chi connectivity index (χ0n) is 10.6. The van der Waals surface area contributed by atoms with Crippen LogP contribution in [0.4, 0.5) is 5.82 Å². The van der Waals surface area contributed by atoms with Crippen molar-refractivity contribution < 1.29 is 9.90 Å². The maximum atomic E-state index is 11.2. The van der Waals surface area contributed by atoms with Crippen LogP contribution in [0.25, 0.3) is 10.9 Å². The summed E-state index contributed by atoms with van der Waals surface area (Å²) < 4.78 is 0. The van der Waals surface area contributed by atoms with Crippen LogP contribution in [0.3, 0.4) is 0 Å². The van der Waals surface area contributed by atoms with E-state index in [-0.39, 0.29) is 5.92 Å². The molecule has 0 fully saturated rings. The lowest BCUT2D eigenvalue weighted by molar-refractivity contribution is -0.138. The molecule has 0 aliphatic carbocycles. The first-order chi connectivity index (χ1) is 8.99. The van der Waals surface area contributed by atoms with Gasteiger partial charge in [0, 0.05) is 10.4 Å². The fraction of sp³-hybridized carbons (Fsp3) is 0.308. The number of benzene rings is 1. The normalized spacial score (nSPS) is 12.6. The van der Waals surface area contributed by atoms with Gasteiger partial charge in [0.25, 0.3) is 0 Å². The third-order valence-corrected chi connectivity index (χ3v) is 3.06. The Morgan fingerprint density at radius 3 is 2.74 bits per heavy atom. The fourth-order valence-corrected chi connectivity index (χ4v) is 1.97. The maximum Gasteiger partial charge on any atom is 0.326 e. The van der Waals surface area contributed by atoms with Gasteiger partial charge in [0.2, 0.25) is 0 Å². The molecule has 1 atom stereocenters. The van der Waals surface area contributed by atoms with E-state index in [0.29, 0.717) is 16.4 Å². The van der Waals surface area contributed by atoms with Crippen molar-refractivity contribution in [2.45, 2.75) is 19.9 Å². The van der Waals surface area contributed by atoms with Gasteiger partial charge in [-0.2, -0.15) is 0 Å². The molecular formula is C13H14ClN3O2. The smallest absolute Gasteiger partial charge is 0.326 e.